The smallest absolute Gasteiger partial charge is 0.216 e. The Hall–Kier alpha value is -0.480. The Morgan fingerprint density at radius 3 is 2.62 bits per heavy atom. The van der Waals surface area contributed by atoms with Gasteiger partial charge in [0.05, 0.1) is 13.2 Å². The summed E-state index contributed by atoms with van der Waals surface area (Å²) in [4.78, 5) is 0. The Kier molecular flexibility index (Phi) is 1.93. The summed E-state index contributed by atoms with van der Waals surface area (Å²) in [6, 6.07) is 0. The Labute approximate surface area is 47.3 Å². The summed E-state index contributed by atoms with van der Waals surface area (Å²) in [6.07, 6.45) is -0.250. The fourth-order valence-corrected chi connectivity index (χ4v) is 0.600. The molecule has 8 heavy (non-hydrogen) atoms. The number of hydrogen-bond donors (Lipinski definition) is 1. The first kappa shape index (κ1) is 5.65. The van der Waals surface area contributed by atoms with Crippen LogP contribution in [0.3, 0.4) is 0 Å². The van der Waals surface area contributed by atoms with Crippen molar-refractivity contribution in [2.24, 2.45) is 0 Å². The van der Waals surface area contributed by atoms with E-state index in [2.05, 4.69) is 0 Å². The Morgan fingerprint density at radius 1 is 1.50 bits per heavy atom. The molecule has 4 nitrogen and oxygen atoms in total. The fourth-order valence-electron chi connectivity index (χ4n) is 0.600. The van der Waals surface area contributed by atoms with Gasteiger partial charge in [-0.25, -0.2) is 0 Å². The van der Waals surface area contributed by atoms with Crippen LogP contribution < -0.4 is 5.11 Å². The second-order valence-corrected chi connectivity index (χ2v) is 1.53. The summed E-state index contributed by atoms with van der Waals surface area (Å²) in [7, 11) is 0. The molecular weight excluding hydrogens is 108 g/mol. The zero-order valence-electron chi connectivity index (χ0n) is 4.46. The van der Waals surface area contributed by atoms with E-state index in [1.54, 1.807) is 0 Å². The first-order chi connectivity index (χ1) is 3.93. The van der Waals surface area contributed by atoms with Crippen LogP contribution in [0.25, 0.3) is 5.53 Å². The highest BCUT2D eigenvalue weighted by Gasteiger charge is 2.15. The first-order valence-corrected chi connectivity index (χ1v) is 2.53. The van der Waals surface area contributed by atoms with Gasteiger partial charge < -0.3 is 20.1 Å². The van der Waals surface area contributed by atoms with Gasteiger partial charge >= 0.3 is 0 Å². The largest absolute Gasteiger partial charge is 0.508 e. The van der Waals surface area contributed by atoms with Crippen molar-refractivity contribution in [3.05, 3.63) is 5.53 Å². The summed E-state index contributed by atoms with van der Waals surface area (Å²) in [5.41, 5.74) is 8.12. The van der Waals surface area contributed by atoms with Gasteiger partial charge in [-0.1, -0.05) is 0 Å². The van der Waals surface area contributed by atoms with Gasteiger partial charge in [0.15, 0.2) is 6.54 Å². The summed E-state index contributed by atoms with van der Waals surface area (Å²) >= 11 is 0. The van der Waals surface area contributed by atoms with Gasteiger partial charge in [-0.3, -0.25) is 0 Å². The van der Waals surface area contributed by atoms with Crippen LogP contribution in [-0.2, 0) is 9.47 Å². The van der Waals surface area contributed by atoms with Gasteiger partial charge in [0.1, 0.15) is 0 Å². The molecular formula is C4H8N2O2. The van der Waals surface area contributed by atoms with Gasteiger partial charge in [0.25, 0.3) is 0 Å². The highest BCUT2D eigenvalue weighted by Crippen LogP contribution is 1.98. The molecule has 46 valence electrons. The minimum Gasteiger partial charge on any atom is -0.508 e. The van der Waals surface area contributed by atoms with Crippen LogP contribution in [0.4, 0.5) is 0 Å². The van der Waals surface area contributed by atoms with Crippen LogP contribution in [-0.4, -0.2) is 26.0 Å². The highest BCUT2D eigenvalue weighted by molar-refractivity contribution is 4.46. The van der Waals surface area contributed by atoms with Crippen LogP contribution in [0, 0.1) is 0 Å². The molecule has 0 radical (unpaired) electrons. The molecule has 1 saturated heterocycles. The molecule has 0 aromatic rings. The van der Waals surface area contributed by atoms with Crippen molar-refractivity contribution >= 4 is 0 Å². The van der Waals surface area contributed by atoms with Crippen molar-refractivity contribution in [1.82, 2.24) is 0 Å². The molecule has 1 aliphatic rings. The maximum absolute atomic E-state index is 8.12. The Bertz CT molecular complexity index is 80.1. The second kappa shape index (κ2) is 2.74. The molecule has 0 atom stereocenters. The zero-order valence-corrected chi connectivity index (χ0v) is 4.46. The normalized spacial score (nSPS) is 21.5. The first-order valence-electron chi connectivity index (χ1n) is 2.53. The summed E-state index contributed by atoms with van der Waals surface area (Å²) in [5.74, 6) is 0. The summed E-state index contributed by atoms with van der Waals surface area (Å²) in [6.45, 7) is 1.61. The van der Waals surface area contributed by atoms with Crippen molar-refractivity contribution in [2.75, 3.05) is 19.8 Å². The van der Waals surface area contributed by atoms with Gasteiger partial charge in [0, 0.05) is 0 Å². The van der Waals surface area contributed by atoms with Crippen LogP contribution in [0.5, 0.6) is 0 Å². The van der Waals surface area contributed by atoms with E-state index in [-0.39, 0.29) is 6.29 Å². The molecule has 1 rings (SSSR count). The third kappa shape index (κ3) is 1.24. The molecule has 0 unspecified atom stereocenters. The van der Waals surface area contributed by atoms with E-state index in [1.807, 2.05) is 5.11 Å². The monoisotopic (exact) mass is 116 g/mol. The van der Waals surface area contributed by atoms with Crippen LogP contribution in [0.15, 0.2) is 0 Å². The quantitative estimate of drug-likeness (QED) is 0.444. The Morgan fingerprint density at radius 2 is 2.12 bits per heavy atom. The predicted molar refractivity (Wildman–Crippen MR) is 24.9 cm³/mol. The van der Waals surface area contributed by atoms with Gasteiger partial charge in [-0.05, 0) is 0 Å². The molecule has 0 spiro atoms. The van der Waals surface area contributed by atoms with E-state index < -0.39 is 0 Å². The SMILES string of the molecule is [N-]=[NH+]CC1OCCO1. The van der Waals surface area contributed by atoms with E-state index >= 15 is 0 Å². The van der Waals surface area contributed by atoms with Crippen LogP contribution >= 0.6 is 0 Å². The Balaban J connectivity index is 2.14. The minimum absolute atomic E-state index is 0.250. The third-order valence-corrected chi connectivity index (χ3v) is 0.949. The molecule has 0 aliphatic carbocycles. The molecule has 4 heteroatoms. The lowest BCUT2D eigenvalue weighted by atomic mass is 10.7. The number of ether oxygens (including phenoxy) is 2. The zero-order chi connectivity index (χ0) is 5.82. The number of hydrogen-bond acceptors (Lipinski definition) is 2. The maximum atomic E-state index is 8.12. The molecule has 0 bridgehead atoms. The maximum Gasteiger partial charge on any atom is 0.216 e. The molecule has 0 amide bonds. The molecule has 0 aromatic heterocycles. The van der Waals surface area contributed by atoms with Crippen molar-refractivity contribution < 1.29 is 14.6 Å². The van der Waals surface area contributed by atoms with Crippen LogP contribution in [0.2, 0.25) is 0 Å². The molecule has 0 aromatic carbocycles. The van der Waals surface area contributed by atoms with E-state index in [9.17, 15) is 0 Å². The standard InChI is InChI=1S/C4H8N2O2/c5-6-3-4-7-1-2-8-4/h4,6H,1-3H2. The van der Waals surface area contributed by atoms with Gasteiger partial charge in [-0.2, -0.15) is 0 Å². The average molecular weight is 116 g/mol. The second-order valence-electron chi connectivity index (χ2n) is 1.53. The molecule has 1 heterocycles. The lowest BCUT2D eigenvalue weighted by Crippen LogP contribution is -2.66. The van der Waals surface area contributed by atoms with E-state index in [1.165, 1.54) is 0 Å². The van der Waals surface area contributed by atoms with Crippen molar-refractivity contribution in [3.8, 4) is 0 Å². The molecule has 1 fully saturated rings. The fraction of sp³-hybridized carbons (Fsp3) is 1.00. The van der Waals surface area contributed by atoms with E-state index in [0.717, 1.165) is 0 Å². The molecule has 1 N–H and O–H groups in total. The highest BCUT2D eigenvalue weighted by atomic mass is 16.7. The summed E-state index contributed by atoms with van der Waals surface area (Å²) in [5, 5.41) is 1.96. The van der Waals surface area contributed by atoms with Gasteiger partial charge in [0.2, 0.25) is 6.29 Å². The lowest BCUT2D eigenvalue weighted by Gasteiger charge is -1.99. The van der Waals surface area contributed by atoms with Crippen molar-refractivity contribution in [3.63, 3.8) is 0 Å². The molecule has 1 aliphatic heterocycles. The van der Waals surface area contributed by atoms with Gasteiger partial charge in [-0.15, -0.1) is 0 Å². The van der Waals surface area contributed by atoms with Crippen molar-refractivity contribution in [2.45, 2.75) is 6.29 Å². The van der Waals surface area contributed by atoms with Crippen LogP contribution in [0.1, 0.15) is 0 Å². The number of rotatable bonds is 2. The van der Waals surface area contributed by atoms with E-state index in [4.69, 9.17) is 15.0 Å². The molecule has 0 saturated carbocycles. The average Bonchev–Trinajstić information content (AvgIpc) is 2.19. The number of nitrogens with one attached hydrogen (secondary N) is 1. The predicted octanol–water partition coefficient (Wildman–Crippen LogP) is -1.54. The summed E-state index contributed by atoms with van der Waals surface area (Å²) < 4.78 is 9.90. The third-order valence-electron chi connectivity index (χ3n) is 0.949. The lowest BCUT2D eigenvalue weighted by molar-refractivity contribution is -0.502. The van der Waals surface area contributed by atoms with Crippen molar-refractivity contribution in [1.29, 1.82) is 0 Å². The number of nitrogens with zero attached hydrogens (tertiary/aromatic N) is 1. The van der Waals surface area contributed by atoms with E-state index in [0.29, 0.717) is 19.8 Å². The topological polar surface area (TPSA) is 54.7 Å². The minimum atomic E-state index is -0.250.